The number of fused-ring (bicyclic) bond motifs is 1. The lowest BCUT2D eigenvalue weighted by Gasteiger charge is -2.01. The number of ether oxygens (including phenoxy) is 1. The first kappa shape index (κ1) is 15.3. The van der Waals surface area contributed by atoms with Crippen molar-refractivity contribution in [2.75, 3.05) is 0 Å². The van der Waals surface area contributed by atoms with Crippen molar-refractivity contribution in [1.82, 2.24) is 4.57 Å². The van der Waals surface area contributed by atoms with Gasteiger partial charge in [-0.2, -0.15) is 10.5 Å². The molecule has 22 heavy (non-hydrogen) atoms. The zero-order chi connectivity index (χ0) is 15.9. The molecule has 0 aliphatic heterocycles. The van der Waals surface area contributed by atoms with Crippen LogP contribution in [0.25, 0.3) is 17.0 Å². The van der Waals surface area contributed by atoms with Crippen LogP contribution in [0.5, 0.6) is 0 Å². The molecule has 1 heterocycles. The molecule has 5 heteroatoms. The molecule has 1 aromatic heterocycles. The van der Waals surface area contributed by atoms with Crippen LogP contribution in [-0.4, -0.2) is 16.6 Å². The van der Waals surface area contributed by atoms with Crippen molar-refractivity contribution in [2.24, 2.45) is 0 Å². The molecule has 1 aromatic carbocycles. The molecule has 0 aliphatic rings. The maximum absolute atomic E-state index is 11.6. The van der Waals surface area contributed by atoms with Gasteiger partial charge in [-0.25, -0.2) is 4.79 Å². The summed E-state index contributed by atoms with van der Waals surface area (Å²) in [5.74, 6) is -0.553. The standard InChI is InChI=1S/C17H15N3O2/c1-13(11-19)22-17(21)8-7-14-12-20(10-4-9-18)16-6-3-2-5-15(14)16/h2-3,5-8,12-13H,4,10H2,1H3/b8-7+/t13-/m1/s1. The van der Waals surface area contributed by atoms with Gasteiger partial charge in [0.05, 0.1) is 12.5 Å². The number of aryl methyl sites for hydroxylation is 1. The summed E-state index contributed by atoms with van der Waals surface area (Å²) in [6.45, 7) is 2.11. The fourth-order valence-electron chi connectivity index (χ4n) is 2.16. The summed E-state index contributed by atoms with van der Waals surface area (Å²) in [6.07, 6.45) is 4.53. The van der Waals surface area contributed by atoms with Crippen LogP contribution in [0, 0.1) is 22.7 Å². The average molecular weight is 293 g/mol. The molecule has 0 aliphatic carbocycles. The number of hydrogen-bond donors (Lipinski definition) is 0. The highest BCUT2D eigenvalue weighted by Gasteiger charge is 2.08. The van der Waals surface area contributed by atoms with E-state index in [4.69, 9.17) is 15.3 Å². The number of nitriles is 2. The minimum Gasteiger partial charge on any atom is -0.444 e. The van der Waals surface area contributed by atoms with Crippen LogP contribution in [-0.2, 0) is 16.1 Å². The topological polar surface area (TPSA) is 78.8 Å². The highest BCUT2D eigenvalue weighted by atomic mass is 16.5. The van der Waals surface area contributed by atoms with Crippen molar-refractivity contribution in [3.63, 3.8) is 0 Å². The summed E-state index contributed by atoms with van der Waals surface area (Å²) >= 11 is 0. The normalized spacial score (nSPS) is 12.0. The Balaban J connectivity index is 2.26. The number of benzene rings is 1. The van der Waals surface area contributed by atoms with E-state index in [0.717, 1.165) is 16.5 Å². The van der Waals surface area contributed by atoms with Crippen molar-refractivity contribution < 1.29 is 9.53 Å². The van der Waals surface area contributed by atoms with Gasteiger partial charge in [0.15, 0.2) is 6.10 Å². The van der Waals surface area contributed by atoms with E-state index < -0.39 is 12.1 Å². The largest absolute Gasteiger partial charge is 0.444 e. The van der Waals surface area contributed by atoms with Crippen LogP contribution in [0.4, 0.5) is 0 Å². The number of aromatic nitrogens is 1. The number of carbonyl (C=O) groups is 1. The summed E-state index contributed by atoms with van der Waals surface area (Å²) in [7, 11) is 0. The molecule has 5 nitrogen and oxygen atoms in total. The van der Waals surface area contributed by atoms with Gasteiger partial charge < -0.3 is 9.30 Å². The van der Waals surface area contributed by atoms with E-state index >= 15 is 0 Å². The van der Waals surface area contributed by atoms with Crippen LogP contribution >= 0.6 is 0 Å². The van der Waals surface area contributed by atoms with Gasteiger partial charge in [-0.1, -0.05) is 18.2 Å². The lowest BCUT2D eigenvalue weighted by molar-refractivity contribution is -0.139. The Kier molecular flexibility index (Phi) is 4.95. The van der Waals surface area contributed by atoms with Crippen LogP contribution in [0.2, 0.25) is 0 Å². The van der Waals surface area contributed by atoms with E-state index in [-0.39, 0.29) is 0 Å². The van der Waals surface area contributed by atoms with Crippen LogP contribution in [0.3, 0.4) is 0 Å². The van der Waals surface area contributed by atoms with Gasteiger partial charge in [0.2, 0.25) is 0 Å². The number of carbonyl (C=O) groups excluding carboxylic acids is 1. The van der Waals surface area contributed by atoms with E-state index in [1.807, 2.05) is 41.1 Å². The monoisotopic (exact) mass is 293 g/mol. The predicted molar refractivity (Wildman–Crippen MR) is 82.4 cm³/mol. The molecular formula is C17H15N3O2. The summed E-state index contributed by atoms with van der Waals surface area (Å²) in [6, 6.07) is 11.7. The molecule has 0 unspecified atom stereocenters. The summed E-state index contributed by atoms with van der Waals surface area (Å²) in [5.41, 5.74) is 1.88. The van der Waals surface area contributed by atoms with E-state index in [1.54, 1.807) is 6.08 Å². The lowest BCUT2D eigenvalue weighted by atomic mass is 10.1. The summed E-state index contributed by atoms with van der Waals surface area (Å²) < 4.78 is 6.86. The fraction of sp³-hybridized carbons (Fsp3) is 0.235. The van der Waals surface area contributed by atoms with E-state index in [2.05, 4.69) is 6.07 Å². The average Bonchev–Trinajstić information content (AvgIpc) is 2.89. The zero-order valence-electron chi connectivity index (χ0n) is 12.2. The fourth-order valence-corrected chi connectivity index (χ4v) is 2.16. The Labute approximate surface area is 128 Å². The molecule has 0 saturated heterocycles. The first-order chi connectivity index (χ1) is 10.7. The highest BCUT2D eigenvalue weighted by Crippen LogP contribution is 2.22. The minimum atomic E-state index is -0.769. The van der Waals surface area contributed by atoms with E-state index in [9.17, 15) is 4.79 Å². The number of esters is 1. The second kappa shape index (κ2) is 7.10. The van der Waals surface area contributed by atoms with Crippen LogP contribution in [0.15, 0.2) is 36.5 Å². The first-order valence-electron chi connectivity index (χ1n) is 6.89. The highest BCUT2D eigenvalue weighted by molar-refractivity contribution is 5.94. The molecule has 0 radical (unpaired) electrons. The summed E-state index contributed by atoms with van der Waals surface area (Å²) in [4.78, 5) is 11.6. The summed E-state index contributed by atoms with van der Waals surface area (Å²) in [5, 5.41) is 18.3. The lowest BCUT2D eigenvalue weighted by Crippen LogP contribution is -2.10. The third kappa shape index (κ3) is 3.53. The van der Waals surface area contributed by atoms with E-state index in [1.165, 1.54) is 13.0 Å². The Morgan fingerprint density at radius 1 is 1.41 bits per heavy atom. The van der Waals surface area contributed by atoms with Gasteiger partial charge >= 0.3 is 5.97 Å². The maximum atomic E-state index is 11.6. The SMILES string of the molecule is C[C@H](C#N)OC(=O)/C=C/c1cn(CCC#N)c2ccccc12. The predicted octanol–water partition coefficient (Wildman–Crippen LogP) is 3.02. The minimum absolute atomic E-state index is 0.420. The third-order valence-electron chi connectivity index (χ3n) is 3.16. The Morgan fingerprint density at radius 3 is 2.91 bits per heavy atom. The Hall–Kier alpha value is -3.05. The molecule has 2 rings (SSSR count). The molecule has 0 amide bonds. The maximum Gasteiger partial charge on any atom is 0.332 e. The number of rotatable bonds is 5. The second-order valence-corrected chi connectivity index (χ2v) is 4.74. The van der Waals surface area contributed by atoms with Crippen molar-refractivity contribution in [3.8, 4) is 12.1 Å². The van der Waals surface area contributed by atoms with Gasteiger partial charge in [0, 0.05) is 35.3 Å². The molecular weight excluding hydrogens is 278 g/mol. The molecule has 1 atom stereocenters. The first-order valence-corrected chi connectivity index (χ1v) is 6.89. The van der Waals surface area contributed by atoms with Gasteiger partial charge in [-0.3, -0.25) is 0 Å². The molecule has 0 spiro atoms. The number of nitrogens with zero attached hydrogens (tertiary/aromatic N) is 3. The van der Waals surface area contributed by atoms with E-state index in [0.29, 0.717) is 13.0 Å². The van der Waals surface area contributed by atoms with Gasteiger partial charge in [-0.05, 0) is 19.1 Å². The van der Waals surface area contributed by atoms with Gasteiger partial charge in [-0.15, -0.1) is 0 Å². The molecule has 0 saturated carbocycles. The van der Waals surface area contributed by atoms with Crippen molar-refractivity contribution >= 4 is 22.9 Å². The molecule has 0 bridgehead atoms. The van der Waals surface area contributed by atoms with Crippen molar-refractivity contribution in [3.05, 3.63) is 42.1 Å². The second-order valence-electron chi connectivity index (χ2n) is 4.74. The van der Waals surface area contributed by atoms with Gasteiger partial charge in [0.1, 0.15) is 6.07 Å². The Morgan fingerprint density at radius 2 is 2.18 bits per heavy atom. The van der Waals surface area contributed by atoms with Crippen LogP contribution < -0.4 is 0 Å². The van der Waals surface area contributed by atoms with Crippen LogP contribution in [0.1, 0.15) is 18.9 Å². The van der Waals surface area contributed by atoms with Gasteiger partial charge in [0.25, 0.3) is 0 Å². The van der Waals surface area contributed by atoms with Crippen molar-refractivity contribution in [1.29, 1.82) is 10.5 Å². The van der Waals surface area contributed by atoms with Crippen molar-refractivity contribution in [2.45, 2.75) is 26.0 Å². The number of hydrogen-bond acceptors (Lipinski definition) is 4. The quantitative estimate of drug-likeness (QED) is 0.627. The zero-order valence-corrected chi connectivity index (χ0v) is 12.2. The molecule has 110 valence electrons. The molecule has 0 N–H and O–H groups in total. The smallest absolute Gasteiger partial charge is 0.332 e. The third-order valence-corrected chi connectivity index (χ3v) is 3.16. The molecule has 2 aromatic rings. The molecule has 0 fully saturated rings. The number of para-hydroxylation sites is 1. The Bertz CT molecular complexity index is 790.